The van der Waals surface area contributed by atoms with E-state index >= 15 is 0 Å². The lowest BCUT2D eigenvalue weighted by Crippen LogP contribution is -2.43. The van der Waals surface area contributed by atoms with Crippen LogP contribution in [0.5, 0.6) is 5.75 Å². The van der Waals surface area contributed by atoms with Gasteiger partial charge in [0, 0.05) is 19.1 Å². The molecule has 1 amide bonds. The first-order valence-electron chi connectivity index (χ1n) is 12.7. The van der Waals surface area contributed by atoms with Gasteiger partial charge >= 0.3 is 0 Å². The molecule has 0 bridgehead atoms. The van der Waals surface area contributed by atoms with Gasteiger partial charge in [-0.15, -0.1) is 0 Å². The molecule has 192 valence electrons. The van der Waals surface area contributed by atoms with Crippen molar-refractivity contribution in [3.05, 3.63) is 54.1 Å². The van der Waals surface area contributed by atoms with Gasteiger partial charge in [-0.3, -0.25) is 9.10 Å². The van der Waals surface area contributed by atoms with Crippen molar-refractivity contribution in [2.24, 2.45) is 0 Å². The van der Waals surface area contributed by atoms with E-state index in [2.05, 4.69) is 17.1 Å². The molecule has 1 saturated heterocycles. The van der Waals surface area contributed by atoms with Gasteiger partial charge in [0.15, 0.2) is 0 Å². The minimum absolute atomic E-state index is 0.116. The topological polar surface area (TPSA) is 79.0 Å². The fraction of sp³-hybridized carbons (Fsp3) is 0.519. The minimum Gasteiger partial charge on any atom is -0.494 e. The van der Waals surface area contributed by atoms with Crippen LogP contribution in [0.25, 0.3) is 0 Å². The zero-order chi connectivity index (χ0) is 25.3. The summed E-state index contributed by atoms with van der Waals surface area (Å²) < 4.78 is 33.7. The summed E-state index contributed by atoms with van der Waals surface area (Å²) in [5.74, 6) is 0.288. The minimum atomic E-state index is -3.94. The van der Waals surface area contributed by atoms with Crippen LogP contribution in [-0.4, -0.2) is 58.1 Å². The van der Waals surface area contributed by atoms with Gasteiger partial charge in [0.1, 0.15) is 12.3 Å². The first kappa shape index (κ1) is 27.0. The Morgan fingerprint density at radius 2 is 1.80 bits per heavy atom. The number of carbonyl (C=O) groups excluding carboxylic acids is 1. The Hall–Kier alpha value is -2.58. The van der Waals surface area contributed by atoms with E-state index in [4.69, 9.17) is 4.74 Å². The highest BCUT2D eigenvalue weighted by molar-refractivity contribution is 7.92. The van der Waals surface area contributed by atoms with E-state index in [1.165, 1.54) is 35.7 Å². The fourth-order valence-corrected chi connectivity index (χ4v) is 5.96. The van der Waals surface area contributed by atoms with Gasteiger partial charge < -0.3 is 15.0 Å². The smallest absolute Gasteiger partial charge is 0.264 e. The van der Waals surface area contributed by atoms with Crippen molar-refractivity contribution in [3.8, 4) is 5.75 Å². The van der Waals surface area contributed by atoms with Crippen LogP contribution < -0.4 is 14.4 Å². The highest BCUT2D eigenvalue weighted by atomic mass is 32.2. The molecular weight excluding hydrogens is 462 g/mol. The molecule has 1 heterocycles. The third kappa shape index (κ3) is 7.45. The summed E-state index contributed by atoms with van der Waals surface area (Å²) in [5, 5.41) is 2.92. The van der Waals surface area contributed by atoms with Gasteiger partial charge in [0.05, 0.1) is 17.2 Å². The molecule has 3 rings (SSSR count). The summed E-state index contributed by atoms with van der Waals surface area (Å²) in [6, 6.07) is 14.1. The number of aryl methyl sites for hydroxylation is 1. The maximum absolute atomic E-state index is 13.5. The quantitative estimate of drug-likeness (QED) is 0.437. The summed E-state index contributed by atoms with van der Waals surface area (Å²) in [5.41, 5.74) is 1.47. The molecular formula is C27H39N3O4S. The highest BCUT2D eigenvalue weighted by Gasteiger charge is 2.27. The molecule has 35 heavy (non-hydrogen) atoms. The maximum atomic E-state index is 13.5. The Morgan fingerprint density at radius 3 is 2.46 bits per heavy atom. The van der Waals surface area contributed by atoms with E-state index in [-0.39, 0.29) is 17.3 Å². The number of rotatable bonds is 12. The van der Waals surface area contributed by atoms with Crippen molar-refractivity contribution in [1.82, 2.24) is 10.2 Å². The number of amides is 1. The molecule has 1 atom stereocenters. The number of hydrogen-bond acceptors (Lipinski definition) is 5. The number of hydrogen-bond donors (Lipinski definition) is 1. The van der Waals surface area contributed by atoms with Crippen molar-refractivity contribution >= 4 is 21.6 Å². The van der Waals surface area contributed by atoms with Crippen molar-refractivity contribution < 1.29 is 17.9 Å². The van der Waals surface area contributed by atoms with Crippen molar-refractivity contribution in [2.75, 3.05) is 37.1 Å². The predicted molar refractivity (Wildman–Crippen MR) is 140 cm³/mol. The Morgan fingerprint density at radius 1 is 1.09 bits per heavy atom. The first-order valence-corrected chi connectivity index (χ1v) is 14.1. The molecule has 0 aliphatic carbocycles. The average Bonchev–Trinajstić information content (AvgIpc) is 2.86. The second-order valence-corrected chi connectivity index (χ2v) is 10.9. The van der Waals surface area contributed by atoms with Crippen molar-refractivity contribution in [3.63, 3.8) is 0 Å². The molecule has 1 aliphatic rings. The maximum Gasteiger partial charge on any atom is 0.264 e. The van der Waals surface area contributed by atoms with Crippen LogP contribution in [-0.2, 0) is 14.8 Å². The van der Waals surface area contributed by atoms with Crippen molar-refractivity contribution in [2.45, 2.75) is 63.8 Å². The molecule has 0 spiro atoms. The standard InChI is InChI=1S/C27H39N3O4S/c1-4-23-9-6-7-19-29(23)20-8-18-28-27(31)21-30(24-12-10-22(3)11-13-24)35(32,33)26-16-14-25(15-17-26)34-5-2/h10-17,23H,4-9,18-21H2,1-3H3,(H,28,31). The predicted octanol–water partition coefficient (Wildman–Crippen LogP) is 4.36. The molecule has 1 N–H and O–H groups in total. The summed E-state index contributed by atoms with van der Waals surface area (Å²) >= 11 is 0. The molecule has 1 unspecified atom stereocenters. The Labute approximate surface area is 210 Å². The normalized spacial score (nSPS) is 16.6. The van der Waals surface area contributed by atoms with Gasteiger partial charge in [-0.25, -0.2) is 8.42 Å². The average molecular weight is 502 g/mol. The number of nitrogens with one attached hydrogen (secondary N) is 1. The van der Waals surface area contributed by atoms with Crippen LogP contribution in [0, 0.1) is 6.92 Å². The Balaban J connectivity index is 1.66. The number of benzene rings is 2. The summed E-state index contributed by atoms with van der Waals surface area (Å²) in [4.78, 5) is 15.5. The zero-order valence-corrected chi connectivity index (χ0v) is 22.0. The fourth-order valence-electron chi connectivity index (χ4n) is 4.54. The van der Waals surface area contributed by atoms with Crippen LogP contribution in [0.2, 0.25) is 0 Å². The zero-order valence-electron chi connectivity index (χ0n) is 21.2. The van der Waals surface area contributed by atoms with Gasteiger partial charge in [-0.2, -0.15) is 0 Å². The van der Waals surface area contributed by atoms with E-state index < -0.39 is 10.0 Å². The lowest BCUT2D eigenvalue weighted by Gasteiger charge is -2.35. The van der Waals surface area contributed by atoms with Crippen molar-refractivity contribution in [1.29, 1.82) is 0 Å². The second-order valence-electron chi connectivity index (χ2n) is 9.05. The lowest BCUT2D eigenvalue weighted by atomic mass is 10.00. The van der Waals surface area contributed by atoms with E-state index in [0.717, 1.165) is 31.5 Å². The molecule has 8 heteroatoms. The van der Waals surface area contributed by atoms with Crippen LogP contribution in [0.1, 0.15) is 51.5 Å². The lowest BCUT2D eigenvalue weighted by molar-refractivity contribution is -0.119. The van der Waals surface area contributed by atoms with Gasteiger partial charge in [-0.05, 0) is 82.5 Å². The molecule has 0 radical (unpaired) electrons. The Kier molecular flexibility index (Phi) is 9.98. The molecule has 0 saturated carbocycles. The third-order valence-corrected chi connectivity index (χ3v) is 8.28. The van der Waals surface area contributed by atoms with Gasteiger partial charge in [0.25, 0.3) is 10.0 Å². The summed E-state index contributed by atoms with van der Waals surface area (Å²) in [6.07, 6.45) is 5.78. The molecule has 1 fully saturated rings. The number of nitrogens with zero attached hydrogens (tertiary/aromatic N) is 2. The first-order chi connectivity index (χ1) is 16.8. The largest absolute Gasteiger partial charge is 0.494 e. The van der Waals surface area contributed by atoms with Gasteiger partial charge in [-0.1, -0.05) is 31.0 Å². The van der Waals surface area contributed by atoms with E-state index in [1.807, 2.05) is 26.0 Å². The Bertz CT molecular complexity index is 1040. The van der Waals surface area contributed by atoms with E-state index in [1.54, 1.807) is 24.3 Å². The molecule has 2 aromatic carbocycles. The second kappa shape index (κ2) is 12.9. The number of carbonyl (C=O) groups is 1. The summed E-state index contributed by atoms with van der Waals surface area (Å²) in [6.45, 7) is 8.85. The van der Waals surface area contributed by atoms with Crippen LogP contribution in [0.15, 0.2) is 53.4 Å². The number of piperidine rings is 1. The van der Waals surface area contributed by atoms with Crippen LogP contribution in [0.4, 0.5) is 5.69 Å². The van der Waals surface area contributed by atoms with Gasteiger partial charge in [0.2, 0.25) is 5.91 Å². The number of anilines is 1. The number of likely N-dealkylation sites (tertiary alicyclic amines) is 1. The van der Waals surface area contributed by atoms with E-state index in [0.29, 0.717) is 30.6 Å². The SMILES string of the molecule is CCOc1ccc(S(=O)(=O)N(CC(=O)NCCCN2CCCCC2CC)c2ccc(C)cc2)cc1. The number of ether oxygens (including phenoxy) is 1. The monoisotopic (exact) mass is 501 g/mol. The number of sulfonamides is 1. The van der Waals surface area contributed by atoms with Crippen LogP contribution >= 0.6 is 0 Å². The molecule has 0 aromatic heterocycles. The molecule has 2 aromatic rings. The highest BCUT2D eigenvalue weighted by Crippen LogP contribution is 2.25. The van der Waals surface area contributed by atoms with E-state index in [9.17, 15) is 13.2 Å². The summed E-state index contributed by atoms with van der Waals surface area (Å²) in [7, 11) is -3.94. The molecule has 1 aliphatic heterocycles. The third-order valence-electron chi connectivity index (χ3n) is 6.50. The molecule has 7 nitrogen and oxygen atoms in total. The van der Waals surface area contributed by atoms with Crippen LogP contribution in [0.3, 0.4) is 0 Å².